The first-order valence-corrected chi connectivity index (χ1v) is 8.88. The van der Waals surface area contributed by atoms with Gasteiger partial charge in [-0.05, 0) is 13.8 Å². The van der Waals surface area contributed by atoms with Gasteiger partial charge in [0.25, 0.3) is 0 Å². The molecule has 26 heavy (non-hydrogen) atoms. The molecule has 1 aliphatic rings. The van der Waals surface area contributed by atoms with Crippen LogP contribution in [0.2, 0.25) is 0 Å². The maximum Gasteiger partial charge on any atom is 0.224 e. The molecule has 9 nitrogen and oxygen atoms in total. The van der Waals surface area contributed by atoms with Crippen molar-refractivity contribution in [3.8, 4) is 0 Å². The van der Waals surface area contributed by atoms with Crippen molar-refractivity contribution >= 4 is 28.6 Å². The molecule has 4 rings (SSSR count). The molecule has 0 saturated carbocycles. The van der Waals surface area contributed by atoms with Gasteiger partial charge in [-0.15, -0.1) is 0 Å². The topological polar surface area (TPSA) is 87.9 Å². The van der Waals surface area contributed by atoms with Gasteiger partial charge in [-0.3, -0.25) is 4.68 Å². The van der Waals surface area contributed by atoms with E-state index in [9.17, 15) is 0 Å². The van der Waals surface area contributed by atoms with Crippen LogP contribution in [-0.2, 0) is 7.05 Å². The number of nitrogens with zero attached hydrogens (tertiary/aromatic N) is 8. The van der Waals surface area contributed by atoms with Crippen LogP contribution in [0.5, 0.6) is 0 Å². The first-order valence-electron chi connectivity index (χ1n) is 8.88. The molecule has 9 heteroatoms. The van der Waals surface area contributed by atoms with E-state index in [0.717, 1.165) is 61.1 Å². The van der Waals surface area contributed by atoms with E-state index in [1.165, 1.54) is 0 Å². The Morgan fingerprint density at radius 3 is 2.62 bits per heavy atom. The molecule has 3 aromatic heterocycles. The highest BCUT2D eigenvalue weighted by Crippen LogP contribution is 2.24. The Bertz CT molecular complexity index is 912. The summed E-state index contributed by atoms with van der Waals surface area (Å²) in [6, 6.07) is 2.04. The summed E-state index contributed by atoms with van der Waals surface area (Å²) in [5, 5.41) is 8.50. The number of piperazine rings is 1. The molecule has 3 aromatic rings. The third kappa shape index (κ3) is 3.00. The summed E-state index contributed by atoms with van der Waals surface area (Å²) in [4.78, 5) is 22.5. The van der Waals surface area contributed by atoms with Gasteiger partial charge >= 0.3 is 0 Å². The lowest BCUT2D eigenvalue weighted by molar-refractivity contribution is 0.642. The summed E-state index contributed by atoms with van der Waals surface area (Å²) in [5.74, 6) is 2.62. The molecular formula is C17H23N9. The first kappa shape index (κ1) is 16.5. The van der Waals surface area contributed by atoms with E-state index in [1.54, 1.807) is 11.0 Å². The van der Waals surface area contributed by atoms with E-state index < -0.39 is 0 Å². The van der Waals surface area contributed by atoms with Crippen LogP contribution in [0.1, 0.15) is 12.6 Å². The smallest absolute Gasteiger partial charge is 0.224 e. The number of rotatable bonds is 4. The van der Waals surface area contributed by atoms with E-state index in [-0.39, 0.29) is 0 Å². The number of hydrogen-bond acceptors (Lipinski definition) is 8. The van der Waals surface area contributed by atoms with E-state index >= 15 is 0 Å². The van der Waals surface area contributed by atoms with E-state index in [1.807, 2.05) is 33.2 Å². The Morgan fingerprint density at radius 2 is 1.85 bits per heavy atom. The van der Waals surface area contributed by atoms with Crippen molar-refractivity contribution in [2.24, 2.45) is 7.05 Å². The van der Waals surface area contributed by atoms with Crippen LogP contribution in [-0.4, -0.2) is 62.4 Å². The number of hydrogen-bond donors (Lipinski definition) is 1. The Labute approximate surface area is 152 Å². The van der Waals surface area contributed by atoms with Crippen LogP contribution in [0.4, 0.5) is 17.6 Å². The third-order valence-corrected chi connectivity index (χ3v) is 4.59. The molecular weight excluding hydrogens is 330 g/mol. The van der Waals surface area contributed by atoms with Gasteiger partial charge in [0, 0.05) is 51.5 Å². The molecule has 0 atom stereocenters. The standard InChI is InChI=1S/C17H23N9/c1-4-18-17-22-12(2)9-14(23-17)25-5-7-26(8-6-25)16-13-10-21-24(3)15(13)19-11-20-16/h9-11H,4-8H2,1-3H3,(H,18,22,23). The lowest BCUT2D eigenvalue weighted by Crippen LogP contribution is -2.47. The van der Waals surface area contributed by atoms with Gasteiger partial charge in [0.05, 0.1) is 11.6 Å². The van der Waals surface area contributed by atoms with Crippen molar-refractivity contribution in [3.63, 3.8) is 0 Å². The molecule has 136 valence electrons. The van der Waals surface area contributed by atoms with E-state index in [4.69, 9.17) is 0 Å². The van der Waals surface area contributed by atoms with Gasteiger partial charge < -0.3 is 15.1 Å². The minimum absolute atomic E-state index is 0.692. The lowest BCUT2D eigenvalue weighted by Gasteiger charge is -2.36. The van der Waals surface area contributed by atoms with Crippen molar-refractivity contribution in [3.05, 3.63) is 24.3 Å². The van der Waals surface area contributed by atoms with Gasteiger partial charge in [-0.1, -0.05) is 0 Å². The second-order valence-corrected chi connectivity index (χ2v) is 6.40. The van der Waals surface area contributed by atoms with Crippen molar-refractivity contribution in [1.29, 1.82) is 0 Å². The van der Waals surface area contributed by atoms with Gasteiger partial charge in [-0.2, -0.15) is 10.1 Å². The lowest BCUT2D eigenvalue weighted by atomic mass is 10.2. The summed E-state index contributed by atoms with van der Waals surface area (Å²) in [5.41, 5.74) is 1.83. The van der Waals surface area contributed by atoms with Crippen LogP contribution < -0.4 is 15.1 Å². The monoisotopic (exact) mass is 353 g/mol. The molecule has 4 heterocycles. The molecule has 1 aliphatic heterocycles. The highest BCUT2D eigenvalue weighted by molar-refractivity contribution is 5.86. The fraction of sp³-hybridized carbons (Fsp3) is 0.471. The average molecular weight is 353 g/mol. The molecule has 0 radical (unpaired) electrons. The molecule has 1 fully saturated rings. The second-order valence-electron chi connectivity index (χ2n) is 6.40. The minimum atomic E-state index is 0.692. The molecule has 0 unspecified atom stereocenters. The molecule has 0 spiro atoms. The highest BCUT2D eigenvalue weighted by atomic mass is 15.3. The number of nitrogens with one attached hydrogen (secondary N) is 1. The quantitative estimate of drug-likeness (QED) is 0.749. The van der Waals surface area contributed by atoms with Crippen LogP contribution in [0, 0.1) is 6.92 Å². The normalized spacial score (nSPS) is 14.9. The van der Waals surface area contributed by atoms with Crippen molar-refractivity contribution in [2.75, 3.05) is 47.8 Å². The summed E-state index contributed by atoms with van der Waals surface area (Å²) in [6.07, 6.45) is 3.45. The minimum Gasteiger partial charge on any atom is -0.354 e. The molecule has 0 aromatic carbocycles. The Morgan fingerprint density at radius 1 is 1.08 bits per heavy atom. The fourth-order valence-corrected chi connectivity index (χ4v) is 3.30. The first-order chi connectivity index (χ1) is 12.7. The molecule has 0 bridgehead atoms. The van der Waals surface area contributed by atoms with Gasteiger partial charge in [0.1, 0.15) is 18.0 Å². The summed E-state index contributed by atoms with van der Waals surface area (Å²) in [6.45, 7) is 8.38. The zero-order valence-electron chi connectivity index (χ0n) is 15.3. The van der Waals surface area contributed by atoms with E-state index in [2.05, 4.69) is 40.2 Å². The maximum atomic E-state index is 4.64. The van der Waals surface area contributed by atoms with Crippen LogP contribution in [0.25, 0.3) is 11.0 Å². The molecule has 1 saturated heterocycles. The molecule has 0 amide bonds. The number of fused-ring (bicyclic) bond motifs is 1. The van der Waals surface area contributed by atoms with Crippen molar-refractivity contribution in [2.45, 2.75) is 13.8 Å². The largest absolute Gasteiger partial charge is 0.354 e. The SMILES string of the molecule is CCNc1nc(C)cc(N2CCN(c3ncnc4c3cnn4C)CC2)n1. The van der Waals surface area contributed by atoms with Gasteiger partial charge in [0.2, 0.25) is 5.95 Å². The second kappa shape index (κ2) is 6.74. The Hall–Kier alpha value is -2.97. The summed E-state index contributed by atoms with van der Waals surface area (Å²) in [7, 11) is 1.90. The third-order valence-electron chi connectivity index (χ3n) is 4.59. The predicted octanol–water partition coefficient (Wildman–Crippen LogP) is 1.22. The van der Waals surface area contributed by atoms with Crippen molar-refractivity contribution < 1.29 is 0 Å². The van der Waals surface area contributed by atoms with Crippen LogP contribution in [0.3, 0.4) is 0 Å². The van der Waals surface area contributed by atoms with Gasteiger partial charge in [-0.25, -0.2) is 15.0 Å². The van der Waals surface area contributed by atoms with Crippen LogP contribution >= 0.6 is 0 Å². The van der Waals surface area contributed by atoms with Crippen LogP contribution in [0.15, 0.2) is 18.6 Å². The zero-order chi connectivity index (χ0) is 18.1. The summed E-state index contributed by atoms with van der Waals surface area (Å²) < 4.78 is 1.78. The molecule has 1 N–H and O–H groups in total. The summed E-state index contributed by atoms with van der Waals surface area (Å²) >= 11 is 0. The maximum absolute atomic E-state index is 4.64. The average Bonchev–Trinajstić information content (AvgIpc) is 3.03. The predicted molar refractivity (Wildman–Crippen MR) is 102 cm³/mol. The number of anilines is 3. The van der Waals surface area contributed by atoms with Gasteiger partial charge in [0.15, 0.2) is 5.65 Å². The number of aromatic nitrogens is 6. The van der Waals surface area contributed by atoms with E-state index in [0.29, 0.717) is 5.95 Å². The Kier molecular flexibility index (Phi) is 4.27. The zero-order valence-corrected chi connectivity index (χ0v) is 15.3. The fourth-order valence-electron chi connectivity index (χ4n) is 3.30. The Balaban J connectivity index is 1.52. The molecule has 0 aliphatic carbocycles. The van der Waals surface area contributed by atoms with Crippen molar-refractivity contribution in [1.82, 2.24) is 29.7 Å². The highest BCUT2D eigenvalue weighted by Gasteiger charge is 2.22. The number of aryl methyl sites for hydroxylation is 2.